The Morgan fingerprint density at radius 3 is 2.71 bits per heavy atom. The number of nitro groups is 1. The van der Waals surface area contributed by atoms with Gasteiger partial charge < -0.3 is 9.84 Å². The number of hydrogen-bond acceptors (Lipinski definition) is 4. The molecular formula is C8H8FNO4. The third-order valence-electron chi connectivity index (χ3n) is 1.71. The molecular weight excluding hydrogens is 193 g/mol. The smallest absolute Gasteiger partial charge is 0.311 e. The molecule has 0 aromatic heterocycles. The lowest BCUT2D eigenvalue weighted by atomic mass is 10.2. The van der Waals surface area contributed by atoms with E-state index in [1.54, 1.807) is 0 Å². The normalized spacial score (nSPS) is 9.93. The molecule has 76 valence electrons. The number of benzene rings is 1. The van der Waals surface area contributed by atoms with Gasteiger partial charge in [-0.15, -0.1) is 0 Å². The molecule has 0 bridgehead atoms. The molecule has 1 aromatic rings. The molecule has 0 heterocycles. The van der Waals surface area contributed by atoms with Crippen LogP contribution in [0.1, 0.15) is 5.56 Å². The van der Waals surface area contributed by atoms with Crippen molar-refractivity contribution in [3.63, 3.8) is 0 Å². The van der Waals surface area contributed by atoms with E-state index in [0.29, 0.717) is 0 Å². The Kier molecular flexibility index (Phi) is 2.98. The van der Waals surface area contributed by atoms with Gasteiger partial charge in [0.2, 0.25) is 0 Å². The van der Waals surface area contributed by atoms with Crippen LogP contribution in [0.5, 0.6) is 5.75 Å². The molecule has 14 heavy (non-hydrogen) atoms. The van der Waals surface area contributed by atoms with Crippen molar-refractivity contribution in [1.29, 1.82) is 0 Å². The van der Waals surface area contributed by atoms with Gasteiger partial charge in [0.15, 0.2) is 5.75 Å². The largest absolute Gasteiger partial charge is 0.490 e. The SMILES string of the molecule is COc1cc(F)c(CO)cc1[N+](=O)[O-]. The Morgan fingerprint density at radius 1 is 1.64 bits per heavy atom. The Balaban J connectivity index is 3.32. The number of hydrogen-bond donors (Lipinski definition) is 1. The van der Waals surface area contributed by atoms with Crippen LogP contribution in [-0.2, 0) is 6.61 Å². The van der Waals surface area contributed by atoms with Gasteiger partial charge in [-0.25, -0.2) is 4.39 Å². The summed E-state index contributed by atoms with van der Waals surface area (Å²) >= 11 is 0. The zero-order valence-corrected chi connectivity index (χ0v) is 7.36. The van der Waals surface area contributed by atoms with Crippen LogP contribution >= 0.6 is 0 Å². The first kappa shape index (κ1) is 10.4. The van der Waals surface area contributed by atoms with E-state index < -0.39 is 17.3 Å². The maximum absolute atomic E-state index is 13.0. The van der Waals surface area contributed by atoms with E-state index in [2.05, 4.69) is 4.74 Å². The lowest BCUT2D eigenvalue weighted by molar-refractivity contribution is -0.385. The number of halogens is 1. The average molecular weight is 201 g/mol. The number of methoxy groups -OCH3 is 1. The van der Waals surface area contributed by atoms with Crippen LogP contribution in [0.15, 0.2) is 12.1 Å². The van der Waals surface area contributed by atoms with Crippen molar-refractivity contribution in [3.05, 3.63) is 33.6 Å². The van der Waals surface area contributed by atoms with E-state index in [1.165, 1.54) is 7.11 Å². The fourth-order valence-corrected chi connectivity index (χ4v) is 1.01. The molecule has 0 fully saturated rings. The molecule has 1 rings (SSSR count). The Morgan fingerprint density at radius 2 is 2.29 bits per heavy atom. The quantitative estimate of drug-likeness (QED) is 0.589. The standard InChI is InChI=1S/C8H8FNO4/c1-14-8-3-6(9)5(4-11)2-7(8)10(12)13/h2-3,11H,4H2,1H3. The molecule has 0 radical (unpaired) electrons. The van der Waals surface area contributed by atoms with Gasteiger partial charge in [0, 0.05) is 17.7 Å². The van der Waals surface area contributed by atoms with Crippen molar-refractivity contribution in [2.45, 2.75) is 6.61 Å². The molecule has 0 spiro atoms. The number of nitrogens with zero attached hydrogens (tertiary/aromatic N) is 1. The molecule has 0 amide bonds. The maximum atomic E-state index is 13.0. The van der Waals surface area contributed by atoms with Crippen LogP contribution in [0.25, 0.3) is 0 Å². The minimum absolute atomic E-state index is 0.127. The van der Waals surface area contributed by atoms with Crippen LogP contribution in [0, 0.1) is 15.9 Å². The van der Waals surface area contributed by atoms with Crippen molar-refractivity contribution < 1.29 is 19.2 Å². The second kappa shape index (κ2) is 4.01. The number of rotatable bonds is 3. The van der Waals surface area contributed by atoms with Crippen molar-refractivity contribution >= 4 is 5.69 Å². The summed E-state index contributed by atoms with van der Waals surface area (Å²) in [6.45, 7) is -0.587. The Hall–Kier alpha value is -1.69. The van der Waals surface area contributed by atoms with Crippen LogP contribution in [0.4, 0.5) is 10.1 Å². The molecule has 0 aliphatic heterocycles. The zero-order valence-electron chi connectivity index (χ0n) is 7.36. The van der Waals surface area contributed by atoms with Gasteiger partial charge in [-0.3, -0.25) is 10.1 Å². The molecule has 0 saturated carbocycles. The number of aliphatic hydroxyl groups is 1. The van der Waals surface area contributed by atoms with E-state index in [1.807, 2.05) is 0 Å². The zero-order chi connectivity index (χ0) is 10.7. The molecule has 0 aliphatic carbocycles. The van der Waals surface area contributed by atoms with Crippen molar-refractivity contribution in [1.82, 2.24) is 0 Å². The van der Waals surface area contributed by atoms with Crippen LogP contribution in [-0.4, -0.2) is 17.1 Å². The first-order valence-corrected chi connectivity index (χ1v) is 3.71. The van der Waals surface area contributed by atoms with Crippen molar-refractivity contribution in [2.24, 2.45) is 0 Å². The highest BCUT2D eigenvalue weighted by atomic mass is 19.1. The fourth-order valence-electron chi connectivity index (χ4n) is 1.01. The number of nitro benzene ring substituents is 1. The van der Waals surface area contributed by atoms with Gasteiger partial charge in [-0.2, -0.15) is 0 Å². The molecule has 0 saturated heterocycles. The summed E-state index contributed by atoms with van der Waals surface area (Å²) in [5.41, 5.74) is -0.490. The highest BCUT2D eigenvalue weighted by Crippen LogP contribution is 2.29. The number of ether oxygens (including phenoxy) is 1. The molecule has 0 unspecified atom stereocenters. The molecule has 0 aliphatic rings. The minimum atomic E-state index is -0.727. The molecule has 1 N–H and O–H groups in total. The van der Waals surface area contributed by atoms with Gasteiger partial charge >= 0.3 is 5.69 Å². The predicted octanol–water partition coefficient (Wildman–Crippen LogP) is 1.23. The highest BCUT2D eigenvalue weighted by Gasteiger charge is 2.18. The summed E-state index contributed by atoms with van der Waals surface area (Å²) in [5.74, 6) is -0.889. The maximum Gasteiger partial charge on any atom is 0.311 e. The monoisotopic (exact) mass is 201 g/mol. The van der Waals surface area contributed by atoms with E-state index >= 15 is 0 Å². The lowest BCUT2D eigenvalue weighted by Gasteiger charge is -2.04. The topological polar surface area (TPSA) is 72.6 Å². The second-order valence-corrected chi connectivity index (χ2v) is 2.53. The summed E-state index contributed by atoms with van der Waals surface area (Å²) < 4.78 is 17.6. The highest BCUT2D eigenvalue weighted by molar-refractivity contribution is 5.49. The molecule has 5 nitrogen and oxygen atoms in total. The summed E-state index contributed by atoms with van der Waals surface area (Å²) in [5, 5.41) is 19.2. The van der Waals surface area contributed by atoms with Crippen LogP contribution in [0.3, 0.4) is 0 Å². The van der Waals surface area contributed by atoms with Crippen LogP contribution in [0.2, 0.25) is 0 Å². The summed E-state index contributed by atoms with van der Waals surface area (Å²) in [7, 11) is 1.21. The Bertz CT molecular complexity index is 367. The first-order valence-electron chi connectivity index (χ1n) is 3.71. The molecule has 0 atom stereocenters. The van der Waals surface area contributed by atoms with Gasteiger partial charge in [-0.05, 0) is 0 Å². The van der Waals surface area contributed by atoms with Crippen molar-refractivity contribution in [3.8, 4) is 5.75 Å². The van der Waals surface area contributed by atoms with E-state index in [4.69, 9.17) is 5.11 Å². The van der Waals surface area contributed by atoms with Gasteiger partial charge in [0.1, 0.15) is 5.82 Å². The summed E-state index contributed by atoms with van der Waals surface area (Å²) in [6, 6.07) is 1.83. The van der Waals surface area contributed by atoms with E-state index in [-0.39, 0.29) is 17.0 Å². The van der Waals surface area contributed by atoms with Crippen LogP contribution < -0.4 is 4.74 Å². The van der Waals surface area contributed by atoms with E-state index in [9.17, 15) is 14.5 Å². The predicted molar refractivity (Wildman–Crippen MR) is 45.5 cm³/mol. The number of aliphatic hydroxyl groups excluding tert-OH is 1. The minimum Gasteiger partial charge on any atom is -0.490 e. The van der Waals surface area contributed by atoms with Gasteiger partial charge in [0.25, 0.3) is 0 Å². The first-order chi connectivity index (χ1) is 6.60. The third kappa shape index (κ3) is 1.80. The van der Waals surface area contributed by atoms with E-state index in [0.717, 1.165) is 12.1 Å². The summed E-state index contributed by atoms with van der Waals surface area (Å²) in [6.07, 6.45) is 0. The van der Waals surface area contributed by atoms with Gasteiger partial charge in [0.05, 0.1) is 18.6 Å². The summed E-state index contributed by atoms with van der Waals surface area (Å²) in [4.78, 5) is 9.78. The fraction of sp³-hybridized carbons (Fsp3) is 0.250. The average Bonchev–Trinajstić information content (AvgIpc) is 2.16. The Labute approximate surface area is 78.9 Å². The van der Waals surface area contributed by atoms with Crippen molar-refractivity contribution in [2.75, 3.05) is 7.11 Å². The molecule has 1 aromatic carbocycles. The third-order valence-corrected chi connectivity index (χ3v) is 1.71. The second-order valence-electron chi connectivity index (χ2n) is 2.53. The van der Waals surface area contributed by atoms with Gasteiger partial charge in [-0.1, -0.05) is 0 Å². The lowest BCUT2D eigenvalue weighted by Crippen LogP contribution is -1.98. The molecule has 6 heteroatoms.